The van der Waals surface area contributed by atoms with Gasteiger partial charge < -0.3 is 10.1 Å². The van der Waals surface area contributed by atoms with Gasteiger partial charge in [-0.3, -0.25) is 9.80 Å². The van der Waals surface area contributed by atoms with Gasteiger partial charge in [-0.15, -0.1) is 0 Å². The molecule has 3 aromatic carbocycles. The van der Waals surface area contributed by atoms with E-state index in [1.54, 1.807) is 54.4 Å². The number of hydrogen-bond acceptors (Lipinski definition) is 5. The smallest absolute Gasteiger partial charge is 0.333 e. The van der Waals surface area contributed by atoms with E-state index in [-0.39, 0.29) is 18.4 Å². The molecule has 0 radical (unpaired) electrons. The van der Waals surface area contributed by atoms with Crippen LogP contribution in [0.25, 0.3) is 0 Å². The van der Waals surface area contributed by atoms with Crippen molar-refractivity contribution in [3.05, 3.63) is 99.5 Å². The average Bonchev–Trinajstić information content (AvgIpc) is 3.29. The Labute approximate surface area is 214 Å². The quantitative estimate of drug-likeness (QED) is 0.394. The van der Waals surface area contributed by atoms with Crippen LogP contribution in [-0.2, 0) is 14.3 Å². The molecule has 35 heavy (non-hydrogen) atoms. The minimum Gasteiger partial charge on any atom is -0.464 e. The molecule has 0 spiro atoms. The highest BCUT2D eigenvalue weighted by molar-refractivity contribution is 6.40. The van der Waals surface area contributed by atoms with Crippen molar-refractivity contribution in [1.82, 2.24) is 5.32 Å². The summed E-state index contributed by atoms with van der Waals surface area (Å²) in [6.45, 7) is 3.95. The summed E-state index contributed by atoms with van der Waals surface area (Å²) in [6.07, 6.45) is 0.332. The van der Waals surface area contributed by atoms with Gasteiger partial charge in [-0.25, -0.2) is 4.79 Å². The molecule has 2 unspecified atom stereocenters. The molecule has 3 aromatic rings. The van der Waals surface area contributed by atoms with Crippen molar-refractivity contribution < 1.29 is 14.3 Å². The van der Waals surface area contributed by atoms with Crippen LogP contribution >= 0.6 is 23.2 Å². The zero-order valence-corrected chi connectivity index (χ0v) is 20.9. The van der Waals surface area contributed by atoms with Crippen molar-refractivity contribution in [3.63, 3.8) is 0 Å². The summed E-state index contributed by atoms with van der Waals surface area (Å²) in [5, 5.41) is 10.1. The number of nitrogens with zero attached hydrogens (tertiary/aromatic N) is 2. The van der Waals surface area contributed by atoms with Crippen LogP contribution in [0, 0.1) is 6.92 Å². The maximum absolute atomic E-state index is 13.4. The van der Waals surface area contributed by atoms with E-state index in [1.807, 2.05) is 37.3 Å². The fourth-order valence-corrected chi connectivity index (χ4v) is 4.44. The molecule has 1 heterocycles. The third-order valence-corrected chi connectivity index (χ3v) is 6.26. The largest absolute Gasteiger partial charge is 0.464 e. The summed E-state index contributed by atoms with van der Waals surface area (Å²) in [6, 6.07) is 21.0. The molecule has 4 rings (SSSR count). The lowest BCUT2D eigenvalue weighted by atomic mass is 9.99. The molecule has 6 nitrogen and oxygen atoms in total. The molecule has 0 fully saturated rings. The molecule has 180 valence electrons. The monoisotopic (exact) mass is 509 g/mol. The minimum atomic E-state index is -0.947. The average molecular weight is 510 g/mol. The number of anilines is 1. The van der Waals surface area contributed by atoms with Gasteiger partial charge in [-0.05, 0) is 43.2 Å². The number of halogens is 2. The van der Waals surface area contributed by atoms with Crippen molar-refractivity contribution in [3.8, 4) is 0 Å². The Morgan fingerprint density at radius 2 is 1.80 bits per heavy atom. The Morgan fingerprint density at radius 3 is 2.46 bits per heavy atom. The van der Waals surface area contributed by atoms with Crippen LogP contribution in [0.2, 0.25) is 10.0 Å². The third kappa shape index (κ3) is 5.66. The summed E-state index contributed by atoms with van der Waals surface area (Å²) in [5.74, 6) is -0.977. The van der Waals surface area contributed by atoms with E-state index in [0.717, 1.165) is 11.1 Å². The number of carbonyl (C=O) groups is 2. The molecular weight excluding hydrogens is 485 g/mol. The predicted molar refractivity (Wildman–Crippen MR) is 139 cm³/mol. The zero-order valence-electron chi connectivity index (χ0n) is 19.4. The van der Waals surface area contributed by atoms with Crippen LogP contribution in [0.15, 0.2) is 77.9 Å². The fourth-order valence-electron chi connectivity index (χ4n) is 3.95. The molecule has 0 aliphatic carbocycles. The van der Waals surface area contributed by atoms with E-state index in [4.69, 9.17) is 27.9 Å². The Morgan fingerprint density at radius 1 is 1.09 bits per heavy atom. The fraction of sp³-hybridized carbons (Fsp3) is 0.222. The first-order valence-electron chi connectivity index (χ1n) is 11.3. The molecule has 1 aliphatic heterocycles. The number of benzene rings is 3. The first kappa shape index (κ1) is 24.8. The second kappa shape index (κ2) is 10.9. The molecule has 1 amide bonds. The van der Waals surface area contributed by atoms with E-state index < -0.39 is 17.9 Å². The Balaban J connectivity index is 1.66. The lowest BCUT2D eigenvalue weighted by Gasteiger charge is -2.25. The topological polar surface area (TPSA) is 71.0 Å². The second-order valence-corrected chi connectivity index (χ2v) is 9.03. The number of hydrogen-bond donors (Lipinski definition) is 1. The van der Waals surface area contributed by atoms with Crippen molar-refractivity contribution in [2.75, 3.05) is 11.6 Å². The lowest BCUT2D eigenvalue weighted by molar-refractivity contribution is -0.147. The highest BCUT2D eigenvalue weighted by Crippen LogP contribution is 2.39. The van der Waals surface area contributed by atoms with Gasteiger partial charge in [-0.2, -0.15) is 5.10 Å². The lowest BCUT2D eigenvalue weighted by Crippen LogP contribution is -2.38. The minimum absolute atomic E-state index is 0.206. The van der Waals surface area contributed by atoms with Crippen molar-refractivity contribution in [1.29, 1.82) is 0 Å². The summed E-state index contributed by atoms with van der Waals surface area (Å²) in [5.41, 5.74) is 3.66. The van der Waals surface area contributed by atoms with E-state index in [2.05, 4.69) is 10.4 Å². The highest BCUT2D eigenvalue weighted by Gasteiger charge is 2.35. The maximum Gasteiger partial charge on any atom is 0.333 e. The van der Waals surface area contributed by atoms with Gasteiger partial charge in [0.2, 0.25) is 0 Å². The van der Waals surface area contributed by atoms with Gasteiger partial charge in [0.1, 0.15) is 5.71 Å². The SMILES string of the molecule is CCOC(=O)C(NC(=O)C1=NN(c2ccc(Cl)cc2Cl)C(c2ccc(C)cc2)C1)c1ccccc1. The van der Waals surface area contributed by atoms with Gasteiger partial charge in [0.05, 0.1) is 23.4 Å². The molecule has 8 heteroatoms. The van der Waals surface area contributed by atoms with Crippen LogP contribution in [0.5, 0.6) is 0 Å². The molecule has 0 bridgehead atoms. The number of amides is 1. The number of rotatable bonds is 7. The van der Waals surface area contributed by atoms with Crippen LogP contribution in [0.3, 0.4) is 0 Å². The van der Waals surface area contributed by atoms with Crippen LogP contribution in [0.1, 0.15) is 42.1 Å². The van der Waals surface area contributed by atoms with Crippen LogP contribution in [0.4, 0.5) is 5.69 Å². The Hall–Kier alpha value is -3.35. The Bertz CT molecular complexity index is 1250. The van der Waals surface area contributed by atoms with Crippen molar-refractivity contribution in [2.24, 2.45) is 5.10 Å². The highest BCUT2D eigenvalue weighted by atomic mass is 35.5. The van der Waals surface area contributed by atoms with E-state index in [0.29, 0.717) is 27.7 Å². The van der Waals surface area contributed by atoms with Crippen LogP contribution < -0.4 is 10.3 Å². The number of hydrazone groups is 1. The van der Waals surface area contributed by atoms with Crippen LogP contribution in [-0.4, -0.2) is 24.2 Å². The van der Waals surface area contributed by atoms with Gasteiger partial charge in [0.25, 0.3) is 5.91 Å². The molecule has 1 N–H and O–H groups in total. The summed E-state index contributed by atoms with van der Waals surface area (Å²) < 4.78 is 5.21. The molecule has 0 saturated heterocycles. The number of ether oxygens (including phenoxy) is 1. The maximum atomic E-state index is 13.4. The second-order valence-electron chi connectivity index (χ2n) is 8.19. The normalized spacial score (nSPS) is 15.9. The third-order valence-electron chi connectivity index (χ3n) is 5.72. The number of esters is 1. The van der Waals surface area contributed by atoms with E-state index in [9.17, 15) is 9.59 Å². The van der Waals surface area contributed by atoms with Crippen molar-refractivity contribution in [2.45, 2.75) is 32.4 Å². The number of carbonyl (C=O) groups excluding carboxylic acids is 2. The van der Waals surface area contributed by atoms with E-state index >= 15 is 0 Å². The van der Waals surface area contributed by atoms with Gasteiger partial charge >= 0.3 is 5.97 Å². The standard InChI is InChI=1S/C27H25Cl2N3O3/c1-3-35-27(34)25(19-7-5-4-6-8-19)30-26(33)22-16-24(18-11-9-17(2)10-12-18)32(31-22)23-14-13-20(28)15-21(23)29/h4-15,24-25H,3,16H2,1-2H3,(H,30,33). The van der Waals surface area contributed by atoms with Gasteiger partial charge in [0.15, 0.2) is 6.04 Å². The molecule has 1 aliphatic rings. The molecule has 2 atom stereocenters. The predicted octanol–water partition coefficient (Wildman–Crippen LogP) is 6.03. The summed E-state index contributed by atoms with van der Waals surface area (Å²) in [4.78, 5) is 26.0. The first-order valence-corrected chi connectivity index (χ1v) is 12.0. The zero-order chi connectivity index (χ0) is 24.9. The van der Waals surface area contributed by atoms with Gasteiger partial charge in [0, 0.05) is 11.4 Å². The molecule has 0 aromatic heterocycles. The van der Waals surface area contributed by atoms with Crippen molar-refractivity contribution >= 4 is 46.5 Å². The number of aryl methyl sites for hydroxylation is 1. The summed E-state index contributed by atoms with van der Waals surface area (Å²) >= 11 is 12.6. The Kier molecular flexibility index (Phi) is 7.73. The summed E-state index contributed by atoms with van der Waals surface area (Å²) in [7, 11) is 0. The first-order chi connectivity index (χ1) is 16.9. The van der Waals surface area contributed by atoms with Gasteiger partial charge in [-0.1, -0.05) is 83.4 Å². The molecule has 0 saturated carbocycles. The molecular formula is C27H25Cl2N3O3. The number of nitrogens with one attached hydrogen (secondary N) is 1. The van der Waals surface area contributed by atoms with E-state index in [1.165, 1.54) is 0 Å².